The average molecular weight is 585 g/mol. The van der Waals surface area contributed by atoms with E-state index in [1.165, 1.54) is 13.8 Å². The van der Waals surface area contributed by atoms with Gasteiger partial charge in [0.1, 0.15) is 17.8 Å². The van der Waals surface area contributed by atoms with Crippen LogP contribution in [-0.4, -0.2) is 76.1 Å². The molecule has 1 aromatic carbocycles. The van der Waals surface area contributed by atoms with Gasteiger partial charge in [-0.3, -0.25) is 14.4 Å². The van der Waals surface area contributed by atoms with Gasteiger partial charge in [0.05, 0.1) is 24.2 Å². The second kappa shape index (κ2) is 9.99. The molecule has 2 unspecified atom stereocenters. The summed E-state index contributed by atoms with van der Waals surface area (Å²) in [6.07, 6.45) is -4.62. The smallest absolute Gasteiger partial charge is 0.338 e. The van der Waals surface area contributed by atoms with Crippen LogP contribution in [0.2, 0.25) is 0 Å². The highest BCUT2D eigenvalue weighted by Crippen LogP contribution is 2.66. The molecule has 9 atom stereocenters. The third kappa shape index (κ3) is 4.09. The van der Waals surface area contributed by atoms with E-state index in [1.54, 1.807) is 58.0 Å². The fourth-order valence-electron chi connectivity index (χ4n) is 8.27. The molecule has 2 N–H and O–H groups in total. The highest BCUT2D eigenvalue weighted by molar-refractivity contribution is 6.03. The van der Waals surface area contributed by atoms with Gasteiger partial charge in [-0.1, -0.05) is 45.9 Å². The highest BCUT2D eigenvalue weighted by atomic mass is 16.6. The average Bonchev–Trinajstić information content (AvgIpc) is 2.90. The number of esters is 3. The number of carbonyl (C=O) groups excluding carboxylic acids is 4. The first-order chi connectivity index (χ1) is 19.5. The zero-order valence-corrected chi connectivity index (χ0v) is 25.1. The fraction of sp³-hybridized carbons (Fsp3) is 0.625. The molecule has 228 valence electrons. The molecule has 5 rings (SSSR count). The summed E-state index contributed by atoms with van der Waals surface area (Å²) in [5.74, 6) is -4.06. The van der Waals surface area contributed by atoms with Crippen LogP contribution in [0.1, 0.15) is 71.7 Å². The molecule has 2 bridgehead atoms. The Morgan fingerprint density at radius 1 is 1.02 bits per heavy atom. The summed E-state index contributed by atoms with van der Waals surface area (Å²) < 4.78 is 24.2. The molecule has 0 radical (unpaired) electrons. The highest BCUT2D eigenvalue weighted by Gasteiger charge is 2.77. The number of fused-ring (bicyclic) bond motifs is 5. The zero-order valence-electron chi connectivity index (χ0n) is 25.1. The fourth-order valence-corrected chi connectivity index (χ4v) is 8.27. The van der Waals surface area contributed by atoms with Gasteiger partial charge < -0.3 is 29.2 Å². The van der Waals surface area contributed by atoms with Crippen molar-refractivity contribution in [1.29, 1.82) is 0 Å². The predicted octanol–water partition coefficient (Wildman–Crippen LogP) is 2.93. The molecular weight excluding hydrogens is 544 g/mol. The molecule has 0 spiro atoms. The molecular formula is C32H40O10. The van der Waals surface area contributed by atoms with Gasteiger partial charge in [-0.25, -0.2) is 4.79 Å². The van der Waals surface area contributed by atoms with Crippen LogP contribution < -0.4 is 0 Å². The summed E-state index contributed by atoms with van der Waals surface area (Å²) in [5.41, 5.74) is -5.44. The summed E-state index contributed by atoms with van der Waals surface area (Å²) in [7, 11) is 0. The molecule has 10 heteroatoms. The van der Waals surface area contributed by atoms with E-state index in [4.69, 9.17) is 18.9 Å². The minimum Gasteiger partial charge on any atom is -0.455 e. The molecule has 10 nitrogen and oxygen atoms in total. The molecule has 2 saturated carbocycles. The Balaban J connectivity index is 1.85. The molecule has 3 fully saturated rings. The Hall–Kier alpha value is -3.08. The third-order valence-corrected chi connectivity index (χ3v) is 10.7. The molecule has 1 heterocycles. The summed E-state index contributed by atoms with van der Waals surface area (Å²) in [4.78, 5) is 53.7. The third-order valence-electron chi connectivity index (χ3n) is 10.7. The first-order valence-corrected chi connectivity index (χ1v) is 14.4. The number of carbonyl (C=O) groups is 4. The Bertz CT molecular complexity index is 1350. The van der Waals surface area contributed by atoms with E-state index in [2.05, 4.69) is 0 Å². The lowest BCUT2D eigenvalue weighted by Crippen LogP contribution is -2.81. The van der Waals surface area contributed by atoms with E-state index >= 15 is 0 Å². The van der Waals surface area contributed by atoms with Gasteiger partial charge in [-0.05, 0) is 37.0 Å². The van der Waals surface area contributed by atoms with Crippen molar-refractivity contribution >= 4 is 23.7 Å². The number of rotatable bonds is 4. The lowest BCUT2D eigenvalue weighted by atomic mass is 9.43. The van der Waals surface area contributed by atoms with E-state index in [9.17, 15) is 29.4 Å². The van der Waals surface area contributed by atoms with E-state index in [-0.39, 0.29) is 30.1 Å². The standard InChI is InChI=1S/C32H40O10/c1-16-13-22-31(15-39-22,42-19(4)34)25-27(41-28(37)20-11-9-8-10-12-20)32(38)14-21(35)17(2)23(29(32,5)6)24(36)26(30(16,25)7)40-18(3)33/h8-12,16,21-22,25-27,35,38H,13-15H2,1-7H3/t16-,21?,22+,25?,26+,27-,30+,31-,32+/m0/s1. The van der Waals surface area contributed by atoms with Crippen LogP contribution >= 0.6 is 0 Å². The largest absolute Gasteiger partial charge is 0.455 e. The monoisotopic (exact) mass is 584 g/mol. The second-order valence-corrected chi connectivity index (χ2v) is 13.2. The maximum absolute atomic E-state index is 14.6. The molecule has 42 heavy (non-hydrogen) atoms. The van der Waals surface area contributed by atoms with Crippen molar-refractivity contribution in [2.75, 3.05) is 6.61 Å². The Labute approximate surface area is 245 Å². The van der Waals surface area contributed by atoms with Gasteiger partial charge in [-0.2, -0.15) is 0 Å². The van der Waals surface area contributed by atoms with E-state index < -0.39 is 76.1 Å². The molecule has 1 aliphatic heterocycles. The Morgan fingerprint density at radius 3 is 2.21 bits per heavy atom. The molecule has 3 aliphatic carbocycles. The number of benzene rings is 1. The lowest BCUT2D eigenvalue weighted by Gasteiger charge is -2.68. The van der Waals surface area contributed by atoms with Gasteiger partial charge in [-0.15, -0.1) is 0 Å². The van der Waals surface area contributed by atoms with Gasteiger partial charge >= 0.3 is 17.9 Å². The van der Waals surface area contributed by atoms with Crippen LogP contribution in [0.15, 0.2) is 41.5 Å². The summed E-state index contributed by atoms with van der Waals surface area (Å²) in [6.45, 7) is 11.0. The van der Waals surface area contributed by atoms with Crippen molar-refractivity contribution in [2.24, 2.45) is 22.7 Å². The zero-order chi connectivity index (χ0) is 31.0. The number of aliphatic hydroxyl groups excluding tert-OH is 1. The number of hydrogen-bond acceptors (Lipinski definition) is 10. The van der Waals surface area contributed by atoms with Crippen molar-refractivity contribution in [3.63, 3.8) is 0 Å². The molecule has 0 aromatic heterocycles. The number of ketones is 1. The van der Waals surface area contributed by atoms with Crippen molar-refractivity contribution in [3.8, 4) is 0 Å². The summed E-state index contributed by atoms with van der Waals surface area (Å²) >= 11 is 0. The molecule has 1 saturated heterocycles. The van der Waals surface area contributed by atoms with E-state index in [1.807, 2.05) is 6.92 Å². The Kier molecular flexibility index (Phi) is 7.23. The van der Waals surface area contributed by atoms with Crippen molar-refractivity contribution < 1.29 is 48.3 Å². The van der Waals surface area contributed by atoms with E-state index in [0.717, 1.165) is 0 Å². The Morgan fingerprint density at radius 2 is 1.67 bits per heavy atom. The van der Waals surface area contributed by atoms with Gasteiger partial charge in [0.25, 0.3) is 0 Å². The van der Waals surface area contributed by atoms with Crippen LogP contribution in [0.25, 0.3) is 0 Å². The minimum atomic E-state index is -2.02. The first-order valence-electron chi connectivity index (χ1n) is 14.4. The predicted molar refractivity (Wildman–Crippen MR) is 148 cm³/mol. The number of ether oxygens (including phenoxy) is 4. The number of hydrogen-bond donors (Lipinski definition) is 2. The molecule has 4 aliphatic rings. The van der Waals surface area contributed by atoms with Gasteiger partial charge in [0.15, 0.2) is 11.7 Å². The normalized spacial score (nSPS) is 40.4. The van der Waals surface area contributed by atoms with Crippen molar-refractivity contribution in [2.45, 2.75) is 96.9 Å². The van der Waals surface area contributed by atoms with Crippen LogP contribution in [-0.2, 0) is 33.3 Å². The summed E-state index contributed by atoms with van der Waals surface area (Å²) in [5, 5.41) is 24.1. The SMILES string of the molecule is CC(=O)O[C@@H]1C(=O)C2=C(C)C(O)C[C@@](O)([C@@H](OC(=O)c3ccccc3)C3[C@@]1(C)[C@@H](C)C[C@H]1OC[C@@]31OC(C)=O)C2(C)C. The number of aliphatic hydroxyl groups is 2. The topological polar surface area (TPSA) is 146 Å². The van der Waals surface area contributed by atoms with Crippen LogP contribution in [0.4, 0.5) is 0 Å². The maximum Gasteiger partial charge on any atom is 0.338 e. The minimum absolute atomic E-state index is 0.0780. The lowest BCUT2D eigenvalue weighted by molar-refractivity contribution is -0.351. The van der Waals surface area contributed by atoms with Gasteiger partial charge in [0.2, 0.25) is 5.78 Å². The van der Waals surface area contributed by atoms with Crippen LogP contribution in [0.3, 0.4) is 0 Å². The maximum atomic E-state index is 14.6. The van der Waals surface area contributed by atoms with Crippen molar-refractivity contribution in [1.82, 2.24) is 0 Å². The van der Waals surface area contributed by atoms with Crippen molar-refractivity contribution in [3.05, 3.63) is 47.0 Å². The number of Topliss-reactive ketones (excluding diaryl/α,β-unsaturated/α-hetero) is 1. The second-order valence-electron chi connectivity index (χ2n) is 13.2. The van der Waals surface area contributed by atoms with Crippen LogP contribution in [0.5, 0.6) is 0 Å². The van der Waals surface area contributed by atoms with Gasteiger partial charge in [0, 0.05) is 36.7 Å². The molecule has 0 amide bonds. The van der Waals surface area contributed by atoms with Crippen LogP contribution in [0, 0.1) is 22.7 Å². The quantitative estimate of drug-likeness (QED) is 0.400. The summed E-state index contributed by atoms with van der Waals surface area (Å²) in [6, 6.07) is 8.27. The molecule has 1 aromatic rings. The first kappa shape index (κ1) is 30.4. The van der Waals surface area contributed by atoms with E-state index in [0.29, 0.717) is 12.0 Å².